The molecular formula is C17H21ClFeO2. The zero-order chi connectivity index (χ0) is 14.8. The zero-order valence-electron chi connectivity index (χ0n) is 12.1. The van der Waals surface area contributed by atoms with Gasteiger partial charge in [0.15, 0.2) is 0 Å². The molecule has 0 heterocycles. The fourth-order valence-corrected chi connectivity index (χ4v) is 2.09. The van der Waals surface area contributed by atoms with Gasteiger partial charge in [-0.25, -0.2) is 0 Å². The van der Waals surface area contributed by atoms with Crippen LogP contribution in [0.15, 0.2) is 0 Å². The maximum atomic E-state index is 11.6. The predicted octanol–water partition coefficient (Wildman–Crippen LogP) is 3.14. The average Bonchev–Trinajstić information content (AvgIpc) is 3.14. The molecule has 4 heteroatoms. The molecule has 0 aromatic rings. The van der Waals surface area contributed by atoms with Crippen molar-refractivity contribution in [3.8, 4) is 0 Å². The van der Waals surface area contributed by atoms with Gasteiger partial charge in [0.2, 0.25) is 0 Å². The first-order valence-corrected chi connectivity index (χ1v) is 7.32. The summed E-state index contributed by atoms with van der Waals surface area (Å²) >= 11 is 5.93. The van der Waals surface area contributed by atoms with Gasteiger partial charge in [0.05, 0.1) is 11.5 Å². The van der Waals surface area contributed by atoms with Crippen LogP contribution in [0.5, 0.6) is 0 Å². The number of hydrogen-bond donors (Lipinski definition) is 1. The van der Waals surface area contributed by atoms with Crippen LogP contribution < -0.4 is 0 Å². The van der Waals surface area contributed by atoms with Crippen LogP contribution in [0.1, 0.15) is 26.2 Å². The Morgan fingerprint density at radius 3 is 2.00 bits per heavy atom. The van der Waals surface area contributed by atoms with Gasteiger partial charge < -0.3 is 5.11 Å². The van der Waals surface area contributed by atoms with E-state index in [2.05, 4.69) is 0 Å². The molecule has 0 saturated heterocycles. The molecule has 2 fully saturated rings. The summed E-state index contributed by atoms with van der Waals surface area (Å²) in [7, 11) is 0. The fourth-order valence-electron chi connectivity index (χ4n) is 1.78. The Bertz CT molecular complexity index is 256. The van der Waals surface area contributed by atoms with E-state index in [-0.39, 0.29) is 34.6 Å². The van der Waals surface area contributed by atoms with Crippen molar-refractivity contribution in [1.29, 1.82) is 0 Å². The Hall–Kier alpha value is 0.439. The summed E-state index contributed by atoms with van der Waals surface area (Å²) in [4.78, 5) is 11.6. The van der Waals surface area contributed by atoms with Crippen molar-refractivity contribution >= 4 is 17.4 Å². The predicted molar refractivity (Wildman–Crippen MR) is 82.1 cm³/mol. The second kappa shape index (κ2) is 12.9. The summed E-state index contributed by atoms with van der Waals surface area (Å²) in [5.74, 6) is 0.601. The third kappa shape index (κ3) is 9.23. The van der Waals surface area contributed by atoms with Gasteiger partial charge in [0.1, 0.15) is 5.78 Å². The number of aliphatic hydroxyl groups is 1. The maximum absolute atomic E-state index is 11.6. The summed E-state index contributed by atoms with van der Waals surface area (Å²) in [6.45, 7) is 2.00. The van der Waals surface area contributed by atoms with Gasteiger partial charge in [-0.1, -0.05) is 13.3 Å². The molecule has 0 aromatic heterocycles. The molecule has 0 aromatic carbocycles. The van der Waals surface area contributed by atoms with Gasteiger partial charge >= 0.3 is 0 Å². The first-order chi connectivity index (χ1) is 9.65. The minimum absolute atomic E-state index is 0. The quantitative estimate of drug-likeness (QED) is 0.591. The zero-order valence-corrected chi connectivity index (χ0v) is 13.9. The van der Waals surface area contributed by atoms with Gasteiger partial charge in [-0.05, 0) is 64.2 Å². The smallest absolute Gasteiger partial charge is 0.143 e. The number of alkyl halides is 1. The second-order valence-corrected chi connectivity index (χ2v) is 5.20. The van der Waals surface area contributed by atoms with E-state index in [4.69, 9.17) is 11.6 Å². The topological polar surface area (TPSA) is 37.3 Å². The molecule has 2 rings (SSSR count). The molecule has 1 N–H and O–H groups in total. The van der Waals surface area contributed by atoms with E-state index in [1.54, 1.807) is 12.8 Å². The van der Waals surface area contributed by atoms with Crippen molar-refractivity contribution in [2.24, 2.45) is 0 Å². The van der Waals surface area contributed by atoms with Crippen molar-refractivity contribution in [1.82, 2.24) is 0 Å². The molecule has 2 aliphatic carbocycles. The molecule has 0 spiro atoms. The Morgan fingerprint density at radius 1 is 1.10 bits per heavy atom. The molecule has 2 saturated carbocycles. The van der Waals surface area contributed by atoms with Crippen LogP contribution in [0.2, 0.25) is 0 Å². The van der Waals surface area contributed by atoms with Crippen LogP contribution in [0.4, 0.5) is 0 Å². The van der Waals surface area contributed by atoms with Gasteiger partial charge in [-0.2, -0.15) is 0 Å². The van der Waals surface area contributed by atoms with Crippen LogP contribution in [0.3, 0.4) is 0 Å². The van der Waals surface area contributed by atoms with E-state index in [1.807, 2.05) is 51.9 Å². The Morgan fingerprint density at radius 2 is 1.57 bits per heavy atom. The normalized spacial score (nSPS) is 21.1. The monoisotopic (exact) mass is 348 g/mol. The van der Waals surface area contributed by atoms with Gasteiger partial charge in [-0.15, -0.1) is 11.6 Å². The Labute approximate surface area is 145 Å². The van der Waals surface area contributed by atoms with Crippen molar-refractivity contribution in [2.75, 3.05) is 0 Å². The first-order valence-electron chi connectivity index (χ1n) is 6.89. The second-order valence-electron chi connectivity index (χ2n) is 4.64. The van der Waals surface area contributed by atoms with Crippen molar-refractivity contribution < 1.29 is 27.0 Å². The molecule has 2 nitrogen and oxygen atoms in total. The minimum Gasteiger partial charge on any atom is -0.391 e. The van der Waals surface area contributed by atoms with Crippen LogP contribution in [0, 0.1) is 63.7 Å². The fraction of sp³-hybridized carbons (Fsp3) is 0.353. The Balaban J connectivity index is 0.000000562. The van der Waals surface area contributed by atoms with Crippen LogP contribution in [-0.4, -0.2) is 22.4 Å². The summed E-state index contributed by atoms with van der Waals surface area (Å²) in [6.07, 6.45) is 18.1. The largest absolute Gasteiger partial charge is 0.391 e. The number of Topliss-reactive ketones (excluding diaryl/α,β-unsaturated/α-hetero) is 1. The third-order valence-corrected chi connectivity index (χ3v) is 3.43. The standard InChI is InChI=1S/C12H16ClO2.C5H5.Fe/c1-2-5-10(13)12(15)8-11(14)9-6-3-4-7-9;1-2-4-5-3-1;/h3-4,6-7,10,12,15H,2,5,8H2,1H3;1-5H;/t10-,12+;;/m1../s1. The molecule has 21 heavy (non-hydrogen) atoms. The number of carbonyl (C=O) groups is 1. The number of ketones is 1. The van der Waals surface area contributed by atoms with Gasteiger partial charge in [0.25, 0.3) is 0 Å². The number of hydrogen-bond acceptors (Lipinski definition) is 2. The van der Waals surface area contributed by atoms with Crippen LogP contribution >= 0.6 is 11.6 Å². The van der Waals surface area contributed by atoms with Crippen LogP contribution in [-0.2, 0) is 21.9 Å². The minimum atomic E-state index is -0.742. The maximum Gasteiger partial charge on any atom is 0.143 e. The molecule has 2 atom stereocenters. The molecule has 2 aliphatic rings. The van der Waals surface area contributed by atoms with Crippen molar-refractivity contribution in [3.63, 3.8) is 0 Å². The van der Waals surface area contributed by atoms with Crippen molar-refractivity contribution in [2.45, 2.75) is 37.7 Å². The summed E-state index contributed by atoms with van der Waals surface area (Å²) in [5.41, 5.74) is 0. The Kier molecular flexibility index (Phi) is 13.2. The van der Waals surface area contributed by atoms with E-state index in [1.165, 1.54) is 0 Å². The number of halogens is 1. The summed E-state index contributed by atoms with van der Waals surface area (Å²) < 4.78 is 0. The third-order valence-electron chi connectivity index (χ3n) is 2.92. The molecule has 0 unspecified atom stereocenters. The number of rotatable bonds is 6. The number of carbonyl (C=O) groups excluding carboxylic acids is 1. The summed E-state index contributed by atoms with van der Waals surface area (Å²) in [5, 5.41) is 9.34. The van der Waals surface area contributed by atoms with E-state index >= 15 is 0 Å². The molecule has 0 aliphatic heterocycles. The van der Waals surface area contributed by atoms with Crippen molar-refractivity contribution in [3.05, 3.63) is 63.7 Å². The molecule has 0 bridgehead atoms. The SMILES string of the molecule is CCC[C@@H](Cl)[C@@H](O)CC(=O)[C]1[CH][CH][CH][CH]1.[CH]1[CH][CH][CH][CH]1.[Fe]. The molecule has 116 valence electrons. The van der Waals surface area contributed by atoms with E-state index in [0.29, 0.717) is 5.92 Å². The number of aliphatic hydroxyl groups excluding tert-OH is 1. The van der Waals surface area contributed by atoms with E-state index in [9.17, 15) is 9.90 Å². The molecular weight excluding hydrogens is 327 g/mol. The van der Waals surface area contributed by atoms with Crippen LogP contribution in [0.25, 0.3) is 0 Å². The molecule has 0 amide bonds. The van der Waals surface area contributed by atoms with E-state index < -0.39 is 6.10 Å². The van der Waals surface area contributed by atoms with E-state index in [0.717, 1.165) is 12.8 Å². The summed E-state index contributed by atoms with van der Waals surface area (Å²) in [6, 6.07) is 0. The van der Waals surface area contributed by atoms with Gasteiger partial charge in [-0.3, -0.25) is 4.79 Å². The molecule has 10 radical (unpaired) electrons. The van der Waals surface area contributed by atoms with Gasteiger partial charge in [0, 0.05) is 29.4 Å². The first kappa shape index (κ1) is 21.4. The average molecular weight is 349 g/mol.